The summed E-state index contributed by atoms with van der Waals surface area (Å²) in [5.41, 5.74) is 0. The van der Waals surface area contributed by atoms with Crippen molar-refractivity contribution < 1.29 is 48.7 Å². The molecule has 0 aromatic heterocycles. The van der Waals surface area contributed by atoms with Crippen molar-refractivity contribution in [2.45, 2.75) is 18.0 Å². The van der Waals surface area contributed by atoms with Crippen LogP contribution in [0.5, 0.6) is 0 Å². The maximum Gasteiger partial charge on any atom is 0.383 e. The van der Waals surface area contributed by atoms with E-state index in [0.717, 1.165) is 7.11 Å². The molecule has 3 atom stereocenters. The van der Waals surface area contributed by atoms with Crippen LogP contribution in [0.15, 0.2) is 0 Å². The number of hydrogen-bond donors (Lipinski definition) is 3. The Bertz CT molecular complexity index is 385. The molecule has 1 aliphatic rings. The van der Waals surface area contributed by atoms with Gasteiger partial charge in [-0.05, 0) is 0 Å². The molecule has 1 heterocycles. The van der Waals surface area contributed by atoms with Crippen LogP contribution >= 0.6 is 0 Å². The summed E-state index contributed by atoms with van der Waals surface area (Å²) >= 11 is 0. The first-order chi connectivity index (χ1) is 9.43. The maximum absolute atomic E-state index is 11.8. The second kappa shape index (κ2) is 6.61. The topological polar surface area (TPSA) is 149 Å². The minimum atomic E-state index is -2.51. The van der Waals surface area contributed by atoms with E-state index in [1.165, 1.54) is 0 Å². The summed E-state index contributed by atoms with van der Waals surface area (Å²) in [6.45, 7) is -2.96. The van der Waals surface area contributed by atoms with Gasteiger partial charge in [-0.3, -0.25) is 0 Å². The highest BCUT2D eigenvalue weighted by Crippen LogP contribution is 2.19. The molecule has 1 rings (SSSR count). The van der Waals surface area contributed by atoms with Crippen LogP contribution in [0, 0.1) is 0 Å². The molecule has 1 saturated heterocycles. The minimum absolute atomic E-state index is 0.928. The van der Waals surface area contributed by atoms with Crippen molar-refractivity contribution in [3.63, 3.8) is 0 Å². The molecule has 0 saturated carbocycles. The highest BCUT2D eigenvalue weighted by Gasteiger charge is 2.49. The van der Waals surface area contributed by atoms with Crippen LogP contribution in [0.1, 0.15) is 0 Å². The molecule has 0 aliphatic carbocycles. The van der Waals surface area contributed by atoms with Gasteiger partial charge in [-0.25, -0.2) is 14.4 Å². The zero-order valence-electron chi connectivity index (χ0n) is 10.5. The molecular weight excluding hydrogens is 280 g/mol. The fraction of sp³-hybridized carbons (Fsp3) is 0.700. The third-order valence-electron chi connectivity index (χ3n) is 2.48. The summed E-state index contributed by atoms with van der Waals surface area (Å²) in [7, 11) is 0.952. The van der Waals surface area contributed by atoms with Gasteiger partial charge < -0.3 is 34.3 Å². The average molecular weight is 294 g/mol. The van der Waals surface area contributed by atoms with Crippen molar-refractivity contribution in [3.05, 3.63) is 0 Å². The molecule has 114 valence electrons. The van der Waals surface area contributed by atoms with E-state index in [9.17, 15) is 14.4 Å². The predicted molar refractivity (Wildman–Crippen MR) is 56.8 cm³/mol. The number of carbonyl (C=O) groups excluding carboxylic acids is 3. The SMILES string of the molecule is COC1(CO)OC(=O)C(CO)OC(=O)C(CO)OC1=O. The molecule has 10 heteroatoms. The molecule has 0 aromatic rings. The van der Waals surface area contributed by atoms with Crippen LogP contribution in [0.3, 0.4) is 0 Å². The molecule has 0 amide bonds. The first-order valence-corrected chi connectivity index (χ1v) is 5.46. The summed E-state index contributed by atoms with van der Waals surface area (Å²) in [5, 5.41) is 27.1. The summed E-state index contributed by atoms with van der Waals surface area (Å²) in [6.07, 6.45) is -3.49. The molecule has 3 unspecified atom stereocenters. The van der Waals surface area contributed by atoms with E-state index >= 15 is 0 Å². The minimum Gasteiger partial charge on any atom is -0.445 e. The Morgan fingerprint density at radius 1 is 1.05 bits per heavy atom. The van der Waals surface area contributed by atoms with E-state index in [1.807, 2.05) is 0 Å². The fourth-order valence-corrected chi connectivity index (χ4v) is 1.31. The lowest BCUT2D eigenvalue weighted by Crippen LogP contribution is -2.51. The van der Waals surface area contributed by atoms with Gasteiger partial charge in [0.25, 0.3) is 0 Å². The van der Waals surface area contributed by atoms with Gasteiger partial charge in [-0.2, -0.15) is 0 Å². The molecule has 1 aliphatic heterocycles. The number of ether oxygens (including phenoxy) is 4. The molecule has 1 fully saturated rings. The molecule has 0 radical (unpaired) electrons. The van der Waals surface area contributed by atoms with Crippen LogP contribution in [-0.4, -0.2) is 78.2 Å². The molecule has 0 bridgehead atoms. The first-order valence-electron chi connectivity index (χ1n) is 5.46. The quantitative estimate of drug-likeness (QED) is 0.355. The molecular formula is C10H14O10. The average Bonchev–Trinajstić information content (AvgIpc) is 2.49. The van der Waals surface area contributed by atoms with Crippen molar-refractivity contribution in [1.29, 1.82) is 0 Å². The van der Waals surface area contributed by atoms with Crippen LogP contribution in [0.4, 0.5) is 0 Å². The Morgan fingerprint density at radius 3 is 2.05 bits per heavy atom. The van der Waals surface area contributed by atoms with Gasteiger partial charge in [-0.15, -0.1) is 0 Å². The number of carbonyl (C=O) groups is 3. The van der Waals surface area contributed by atoms with E-state index in [-0.39, 0.29) is 0 Å². The van der Waals surface area contributed by atoms with Crippen molar-refractivity contribution in [3.8, 4) is 0 Å². The third-order valence-corrected chi connectivity index (χ3v) is 2.48. The summed E-state index contributed by atoms with van der Waals surface area (Å²) in [5.74, 6) is -6.47. The zero-order chi connectivity index (χ0) is 15.3. The number of hydrogen-bond acceptors (Lipinski definition) is 10. The van der Waals surface area contributed by atoms with Crippen molar-refractivity contribution in [1.82, 2.24) is 0 Å². The van der Waals surface area contributed by atoms with E-state index in [4.69, 9.17) is 15.3 Å². The van der Waals surface area contributed by atoms with Gasteiger partial charge in [0.05, 0.1) is 13.2 Å². The molecule has 3 N–H and O–H groups in total. The molecule has 0 aromatic carbocycles. The standard InChI is InChI=1S/C10H14O10/c1-17-10(4-13)9(16)19-5(2-11)7(14)18-6(3-12)8(15)20-10/h5-6,11-13H,2-4H2,1H3. The van der Waals surface area contributed by atoms with Crippen LogP contribution in [0.25, 0.3) is 0 Å². The lowest BCUT2D eigenvalue weighted by atomic mass is 10.3. The highest BCUT2D eigenvalue weighted by molar-refractivity contribution is 5.89. The number of aliphatic hydroxyl groups excluding tert-OH is 3. The second-order valence-electron chi connectivity index (χ2n) is 3.72. The number of methoxy groups -OCH3 is 1. The smallest absolute Gasteiger partial charge is 0.383 e. The van der Waals surface area contributed by atoms with E-state index in [0.29, 0.717) is 0 Å². The van der Waals surface area contributed by atoms with Gasteiger partial charge in [0, 0.05) is 7.11 Å². The monoisotopic (exact) mass is 294 g/mol. The van der Waals surface area contributed by atoms with Crippen molar-refractivity contribution >= 4 is 17.9 Å². The summed E-state index contributed by atoms with van der Waals surface area (Å²) in [4.78, 5) is 35.0. The number of cyclic esters (lactones) is 3. The first kappa shape index (κ1) is 16.3. The number of rotatable bonds is 4. The Morgan fingerprint density at radius 2 is 1.60 bits per heavy atom. The van der Waals surface area contributed by atoms with Gasteiger partial charge in [0.15, 0.2) is 0 Å². The van der Waals surface area contributed by atoms with E-state index < -0.39 is 55.7 Å². The van der Waals surface area contributed by atoms with Gasteiger partial charge in [0.2, 0.25) is 12.2 Å². The highest BCUT2D eigenvalue weighted by atomic mass is 16.8. The zero-order valence-corrected chi connectivity index (χ0v) is 10.5. The molecule has 0 spiro atoms. The second-order valence-corrected chi connectivity index (χ2v) is 3.72. The molecule has 10 nitrogen and oxygen atoms in total. The fourth-order valence-electron chi connectivity index (χ4n) is 1.31. The van der Waals surface area contributed by atoms with Crippen LogP contribution in [-0.2, 0) is 33.3 Å². The lowest BCUT2D eigenvalue weighted by molar-refractivity contribution is -0.249. The number of aliphatic hydroxyl groups is 3. The van der Waals surface area contributed by atoms with Crippen molar-refractivity contribution in [2.24, 2.45) is 0 Å². The Labute approximate surface area is 112 Å². The van der Waals surface area contributed by atoms with Crippen molar-refractivity contribution in [2.75, 3.05) is 26.9 Å². The lowest BCUT2D eigenvalue weighted by Gasteiger charge is -2.27. The van der Waals surface area contributed by atoms with E-state index in [2.05, 4.69) is 18.9 Å². The summed E-state index contributed by atoms with van der Waals surface area (Å²) in [6, 6.07) is 0. The van der Waals surface area contributed by atoms with Crippen LogP contribution < -0.4 is 0 Å². The van der Waals surface area contributed by atoms with E-state index in [1.54, 1.807) is 0 Å². The largest absolute Gasteiger partial charge is 0.445 e. The third kappa shape index (κ3) is 3.04. The Kier molecular flexibility index (Phi) is 5.39. The summed E-state index contributed by atoms with van der Waals surface area (Å²) < 4.78 is 18.3. The van der Waals surface area contributed by atoms with Gasteiger partial charge >= 0.3 is 23.7 Å². The maximum atomic E-state index is 11.8. The van der Waals surface area contributed by atoms with Gasteiger partial charge in [0.1, 0.15) is 6.61 Å². The van der Waals surface area contributed by atoms with Crippen LogP contribution in [0.2, 0.25) is 0 Å². The predicted octanol–water partition coefficient (Wildman–Crippen LogP) is -3.31. The number of esters is 3. The normalized spacial score (nSPS) is 31.5. The van der Waals surface area contributed by atoms with Gasteiger partial charge in [-0.1, -0.05) is 0 Å². The Balaban J connectivity index is 3.17. The Hall–Kier alpha value is -1.75. The molecule has 20 heavy (non-hydrogen) atoms.